The van der Waals surface area contributed by atoms with Crippen LogP contribution in [0, 0.1) is 12.7 Å². The van der Waals surface area contributed by atoms with Crippen molar-refractivity contribution in [3.05, 3.63) is 64.0 Å². The molecule has 6 heteroatoms. The molecule has 1 aliphatic heterocycles. The molecule has 0 spiro atoms. The van der Waals surface area contributed by atoms with Gasteiger partial charge in [-0.25, -0.2) is 9.18 Å². The van der Waals surface area contributed by atoms with Crippen LogP contribution in [0.15, 0.2) is 45.6 Å². The van der Waals surface area contributed by atoms with Gasteiger partial charge in [-0.05, 0) is 31.2 Å². The number of aryl methyl sites for hydroxylation is 1. The molecule has 120 valence electrons. The van der Waals surface area contributed by atoms with Crippen LogP contribution < -0.4 is 10.4 Å². The summed E-state index contributed by atoms with van der Waals surface area (Å²) in [6.45, 7) is 2.66. The summed E-state index contributed by atoms with van der Waals surface area (Å²) in [5.74, 6) is 0.395. The van der Waals surface area contributed by atoms with Crippen molar-refractivity contribution in [2.75, 3.05) is 13.1 Å². The first-order valence-electron chi connectivity index (χ1n) is 7.34. The van der Waals surface area contributed by atoms with Crippen molar-refractivity contribution >= 4 is 5.91 Å². The van der Waals surface area contributed by atoms with E-state index in [4.69, 9.17) is 9.15 Å². The first-order valence-corrected chi connectivity index (χ1v) is 7.34. The summed E-state index contributed by atoms with van der Waals surface area (Å²) in [5.41, 5.74) is -0.0134. The van der Waals surface area contributed by atoms with Crippen molar-refractivity contribution in [3.63, 3.8) is 0 Å². The first kappa shape index (κ1) is 15.3. The number of amides is 1. The molecular weight excluding hydrogens is 301 g/mol. The topological polar surface area (TPSA) is 59.8 Å². The molecule has 1 unspecified atom stereocenters. The third kappa shape index (κ3) is 3.59. The fraction of sp³-hybridized carbons (Fsp3) is 0.294. The van der Waals surface area contributed by atoms with Gasteiger partial charge in [0.2, 0.25) is 0 Å². The molecule has 0 bridgehead atoms. The molecular formula is C17H16FNO4. The number of halogens is 1. The monoisotopic (exact) mass is 317 g/mol. The smallest absolute Gasteiger partial charge is 0.339 e. The molecule has 0 saturated carbocycles. The van der Waals surface area contributed by atoms with Crippen molar-refractivity contribution in [3.8, 4) is 5.75 Å². The Kier molecular flexibility index (Phi) is 4.14. The molecule has 1 atom stereocenters. The molecule has 3 rings (SSSR count). The minimum atomic E-state index is -0.461. The van der Waals surface area contributed by atoms with Crippen molar-refractivity contribution in [2.24, 2.45) is 0 Å². The number of benzene rings is 1. The van der Waals surface area contributed by atoms with Crippen LogP contribution in [0.4, 0.5) is 4.39 Å². The lowest BCUT2D eigenvalue weighted by atomic mass is 10.2. The Morgan fingerprint density at radius 1 is 1.30 bits per heavy atom. The van der Waals surface area contributed by atoms with Gasteiger partial charge in [0.05, 0.1) is 12.6 Å². The lowest BCUT2D eigenvalue weighted by Gasteiger charge is -2.17. The summed E-state index contributed by atoms with van der Waals surface area (Å²) in [6.07, 6.45) is 0.493. The van der Waals surface area contributed by atoms with Crippen molar-refractivity contribution in [2.45, 2.75) is 19.4 Å². The molecule has 0 N–H and O–H groups in total. The van der Waals surface area contributed by atoms with Crippen molar-refractivity contribution < 1.29 is 18.3 Å². The maximum atomic E-state index is 12.9. The Bertz CT molecular complexity index is 769. The van der Waals surface area contributed by atoms with Gasteiger partial charge in [0.15, 0.2) is 0 Å². The highest BCUT2D eigenvalue weighted by molar-refractivity contribution is 5.94. The number of carbonyl (C=O) groups is 1. The van der Waals surface area contributed by atoms with E-state index in [9.17, 15) is 14.0 Å². The van der Waals surface area contributed by atoms with Gasteiger partial charge in [0, 0.05) is 24.6 Å². The van der Waals surface area contributed by atoms with Gasteiger partial charge in [-0.15, -0.1) is 0 Å². The van der Waals surface area contributed by atoms with Gasteiger partial charge in [0.1, 0.15) is 23.4 Å². The van der Waals surface area contributed by atoms with E-state index in [0.717, 1.165) is 0 Å². The summed E-state index contributed by atoms with van der Waals surface area (Å²) in [6, 6.07) is 8.41. The predicted octanol–water partition coefficient (Wildman–Crippen LogP) is 2.38. The zero-order valence-electron chi connectivity index (χ0n) is 12.6. The second-order valence-corrected chi connectivity index (χ2v) is 5.51. The highest BCUT2D eigenvalue weighted by Crippen LogP contribution is 2.20. The minimum absolute atomic E-state index is 0.153. The Morgan fingerprint density at radius 3 is 2.74 bits per heavy atom. The lowest BCUT2D eigenvalue weighted by Crippen LogP contribution is -2.31. The van der Waals surface area contributed by atoms with E-state index in [-0.39, 0.29) is 17.8 Å². The number of carbonyl (C=O) groups excluding carboxylic acids is 1. The fourth-order valence-corrected chi connectivity index (χ4v) is 2.62. The van der Waals surface area contributed by atoms with Gasteiger partial charge in [0.25, 0.3) is 5.91 Å². The van der Waals surface area contributed by atoms with Crippen LogP contribution in [0.1, 0.15) is 22.5 Å². The molecule has 2 heterocycles. The van der Waals surface area contributed by atoms with Crippen LogP contribution in [-0.4, -0.2) is 30.0 Å². The van der Waals surface area contributed by atoms with E-state index in [1.54, 1.807) is 17.9 Å². The number of likely N-dealkylation sites (tertiary alicyclic amines) is 1. The van der Waals surface area contributed by atoms with E-state index in [2.05, 4.69) is 0 Å². The van der Waals surface area contributed by atoms with Crippen LogP contribution in [0.25, 0.3) is 0 Å². The average Bonchev–Trinajstić information content (AvgIpc) is 2.94. The maximum Gasteiger partial charge on any atom is 0.339 e. The molecule has 5 nitrogen and oxygen atoms in total. The van der Waals surface area contributed by atoms with Crippen LogP contribution in [0.2, 0.25) is 0 Å². The zero-order chi connectivity index (χ0) is 16.4. The zero-order valence-corrected chi connectivity index (χ0v) is 12.6. The van der Waals surface area contributed by atoms with Crippen LogP contribution in [0.3, 0.4) is 0 Å². The number of hydrogen-bond donors (Lipinski definition) is 0. The maximum absolute atomic E-state index is 12.9. The highest BCUT2D eigenvalue weighted by atomic mass is 19.1. The fourth-order valence-electron chi connectivity index (χ4n) is 2.62. The number of rotatable bonds is 3. The van der Waals surface area contributed by atoms with Crippen molar-refractivity contribution in [1.82, 2.24) is 4.90 Å². The van der Waals surface area contributed by atoms with Crippen LogP contribution in [-0.2, 0) is 0 Å². The third-order valence-electron chi connectivity index (χ3n) is 3.69. The van der Waals surface area contributed by atoms with E-state index in [1.807, 2.05) is 0 Å². The van der Waals surface area contributed by atoms with Crippen molar-refractivity contribution in [1.29, 1.82) is 0 Å². The van der Waals surface area contributed by atoms with Gasteiger partial charge in [-0.3, -0.25) is 4.79 Å². The summed E-state index contributed by atoms with van der Waals surface area (Å²) < 4.78 is 23.6. The number of ether oxygens (including phenoxy) is 1. The van der Waals surface area contributed by atoms with Gasteiger partial charge < -0.3 is 14.1 Å². The minimum Gasteiger partial charge on any atom is -0.488 e. The Balaban J connectivity index is 1.65. The van der Waals surface area contributed by atoms with Crippen LogP contribution in [0.5, 0.6) is 5.75 Å². The molecule has 0 aliphatic carbocycles. The Labute approximate surface area is 132 Å². The van der Waals surface area contributed by atoms with E-state index >= 15 is 0 Å². The molecule has 23 heavy (non-hydrogen) atoms. The van der Waals surface area contributed by atoms with Gasteiger partial charge in [-0.1, -0.05) is 0 Å². The second kappa shape index (κ2) is 6.24. The highest BCUT2D eigenvalue weighted by Gasteiger charge is 2.28. The average molecular weight is 317 g/mol. The summed E-state index contributed by atoms with van der Waals surface area (Å²) in [7, 11) is 0. The Hall–Kier alpha value is -2.63. The molecule has 2 aromatic rings. The normalized spacial score (nSPS) is 17.3. The molecule has 1 saturated heterocycles. The first-order chi connectivity index (χ1) is 11.0. The van der Waals surface area contributed by atoms with Gasteiger partial charge in [-0.2, -0.15) is 0 Å². The predicted molar refractivity (Wildman–Crippen MR) is 81.1 cm³/mol. The molecule has 1 aromatic carbocycles. The molecule has 1 aromatic heterocycles. The van der Waals surface area contributed by atoms with E-state index in [0.29, 0.717) is 36.6 Å². The largest absolute Gasteiger partial charge is 0.488 e. The second-order valence-electron chi connectivity index (χ2n) is 5.51. The standard InChI is InChI=1S/C17H16FNO4/c1-11-8-15(9-16(20)22-11)23-14-6-7-19(10-14)17(21)12-2-4-13(18)5-3-12/h2-5,8-9,14H,6-7,10H2,1H3. The van der Waals surface area contributed by atoms with Crippen LogP contribution >= 0.6 is 0 Å². The SMILES string of the molecule is Cc1cc(OC2CCN(C(=O)c3ccc(F)cc3)C2)cc(=O)o1. The summed E-state index contributed by atoms with van der Waals surface area (Å²) >= 11 is 0. The third-order valence-corrected chi connectivity index (χ3v) is 3.69. The quantitative estimate of drug-likeness (QED) is 0.872. The summed E-state index contributed by atoms with van der Waals surface area (Å²) in [5, 5.41) is 0. The molecule has 1 amide bonds. The van der Waals surface area contributed by atoms with Gasteiger partial charge >= 0.3 is 5.63 Å². The number of nitrogens with zero attached hydrogens (tertiary/aromatic N) is 1. The molecule has 1 fully saturated rings. The van der Waals surface area contributed by atoms with E-state index < -0.39 is 5.63 Å². The summed E-state index contributed by atoms with van der Waals surface area (Å²) in [4.78, 5) is 25.3. The molecule has 0 radical (unpaired) electrons. The van der Waals surface area contributed by atoms with E-state index in [1.165, 1.54) is 30.3 Å². The Morgan fingerprint density at radius 2 is 2.04 bits per heavy atom. The lowest BCUT2D eigenvalue weighted by molar-refractivity contribution is 0.0772. The molecule has 1 aliphatic rings. The number of hydrogen-bond acceptors (Lipinski definition) is 4.